The molecule has 2 rings (SSSR count). The lowest BCUT2D eigenvalue weighted by molar-refractivity contribution is 0.103. The monoisotopic (exact) mass is 521 g/mol. The van der Waals surface area contributed by atoms with E-state index in [1.165, 1.54) is 13.0 Å². The number of rotatable bonds is 12. The van der Waals surface area contributed by atoms with Crippen LogP contribution in [0, 0.1) is 0 Å². The molecule has 0 heterocycles. The van der Waals surface area contributed by atoms with Gasteiger partial charge in [-0.1, -0.05) is 51.0 Å². The van der Waals surface area contributed by atoms with Gasteiger partial charge >= 0.3 is 7.60 Å². The second kappa shape index (κ2) is 10.7. The van der Waals surface area contributed by atoms with Crippen LogP contribution in [-0.2, 0) is 28.9 Å². The first-order valence-electron chi connectivity index (χ1n) is 10.1. The minimum atomic E-state index is -4.14. The number of benzene rings is 1. The molecule has 1 N–H and O–H groups in total. The lowest BCUT2D eigenvalue weighted by Gasteiger charge is -2.40. The van der Waals surface area contributed by atoms with E-state index in [0.717, 1.165) is 12.8 Å². The maximum Gasteiger partial charge on any atom is 0.360 e. The molecule has 0 saturated heterocycles. The van der Waals surface area contributed by atoms with Gasteiger partial charge in [0.25, 0.3) is 0 Å². The molecule has 30 heavy (non-hydrogen) atoms. The molecule has 1 aliphatic carbocycles. The first-order valence-corrected chi connectivity index (χ1v) is 14.1. The van der Waals surface area contributed by atoms with Crippen LogP contribution in [-0.4, -0.2) is 33.2 Å². The Balaban J connectivity index is 2.76. The van der Waals surface area contributed by atoms with Gasteiger partial charge in [0.15, 0.2) is 11.1 Å². The van der Waals surface area contributed by atoms with E-state index in [9.17, 15) is 17.8 Å². The standard InChI is InChI=1S/C20H29BrNO6PS/c1-4-7-13-27-29(24,28-14-8-5-2)20(22-30(25,26)6-3)15-18(21)19(23)16-11-9-10-12-17(16)20/h9-12,15,22H,4-8,13-14H2,1-3H3. The van der Waals surface area contributed by atoms with Gasteiger partial charge in [0.1, 0.15) is 0 Å². The van der Waals surface area contributed by atoms with Gasteiger partial charge in [-0.05, 0) is 41.8 Å². The number of allylic oxidation sites excluding steroid dienone is 1. The minimum Gasteiger partial charge on any atom is -0.307 e. The summed E-state index contributed by atoms with van der Waals surface area (Å²) in [5, 5.41) is -1.85. The van der Waals surface area contributed by atoms with Crippen molar-refractivity contribution >= 4 is 39.3 Å². The van der Waals surface area contributed by atoms with Crippen molar-refractivity contribution in [3.63, 3.8) is 0 Å². The number of unbranched alkanes of at least 4 members (excludes halogenated alkanes) is 2. The number of fused-ring (bicyclic) bond motifs is 1. The van der Waals surface area contributed by atoms with E-state index in [2.05, 4.69) is 20.7 Å². The summed E-state index contributed by atoms with van der Waals surface area (Å²) >= 11 is 3.23. The van der Waals surface area contributed by atoms with E-state index in [4.69, 9.17) is 9.05 Å². The normalized spacial score (nSPS) is 19.5. The van der Waals surface area contributed by atoms with Crippen molar-refractivity contribution in [2.24, 2.45) is 0 Å². The number of ketones is 1. The molecule has 0 aromatic heterocycles. The molecule has 0 saturated carbocycles. The van der Waals surface area contributed by atoms with E-state index in [1.54, 1.807) is 24.3 Å². The van der Waals surface area contributed by atoms with Crippen LogP contribution in [0.15, 0.2) is 34.8 Å². The average Bonchev–Trinajstić information content (AvgIpc) is 2.72. The predicted molar refractivity (Wildman–Crippen MR) is 121 cm³/mol. The van der Waals surface area contributed by atoms with Crippen molar-refractivity contribution in [2.45, 2.75) is 51.7 Å². The van der Waals surface area contributed by atoms with Crippen molar-refractivity contribution in [1.82, 2.24) is 4.72 Å². The molecular formula is C20H29BrNO6PS. The zero-order valence-electron chi connectivity index (χ0n) is 17.5. The lowest BCUT2D eigenvalue weighted by Crippen LogP contribution is -2.48. The van der Waals surface area contributed by atoms with E-state index in [1.807, 2.05) is 13.8 Å². The Bertz CT molecular complexity index is 934. The Hall–Kier alpha value is -0.830. The number of hydrogen-bond donors (Lipinski definition) is 1. The van der Waals surface area contributed by atoms with Crippen LogP contribution >= 0.6 is 23.5 Å². The van der Waals surface area contributed by atoms with E-state index in [-0.39, 0.29) is 40.4 Å². The molecule has 0 radical (unpaired) electrons. The van der Waals surface area contributed by atoms with E-state index >= 15 is 0 Å². The van der Waals surface area contributed by atoms with Crippen molar-refractivity contribution < 1.29 is 26.8 Å². The van der Waals surface area contributed by atoms with Gasteiger partial charge in [0.2, 0.25) is 10.0 Å². The van der Waals surface area contributed by atoms with Crippen LogP contribution < -0.4 is 4.72 Å². The number of hydrogen-bond acceptors (Lipinski definition) is 6. The highest BCUT2D eigenvalue weighted by Crippen LogP contribution is 2.66. The summed E-state index contributed by atoms with van der Waals surface area (Å²) in [5.41, 5.74) is 0.496. The Morgan fingerprint density at radius 3 is 2.17 bits per heavy atom. The third-order valence-electron chi connectivity index (χ3n) is 4.78. The zero-order chi connectivity index (χ0) is 22.4. The van der Waals surface area contributed by atoms with Gasteiger partial charge in [-0.3, -0.25) is 9.36 Å². The van der Waals surface area contributed by atoms with Crippen LogP contribution in [0.3, 0.4) is 0 Å². The number of carbonyl (C=O) groups is 1. The molecule has 1 aromatic rings. The maximum atomic E-state index is 14.3. The Kier molecular flexibility index (Phi) is 9.04. The molecule has 7 nitrogen and oxygen atoms in total. The first kappa shape index (κ1) is 25.4. The molecule has 1 unspecified atom stereocenters. The van der Waals surface area contributed by atoms with Crippen molar-refractivity contribution in [2.75, 3.05) is 19.0 Å². The third-order valence-corrected chi connectivity index (χ3v) is 9.30. The summed E-state index contributed by atoms with van der Waals surface area (Å²) in [4.78, 5) is 12.7. The first-order chi connectivity index (χ1) is 14.2. The molecule has 1 aromatic carbocycles. The molecule has 1 aliphatic rings. The number of nitrogens with one attached hydrogen (secondary N) is 1. The molecule has 1 atom stereocenters. The van der Waals surface area contributed by atoms with Gasteiger partial charge < -0.3 is 9.05 Å². The summed E-state index contributed by atoms with van der Waals surface area (Å²) in [7, 11) is -8.00. The Morgan fingerprint density at radius 2 is 1.63 bits per heavy atom. The SMILES string of the molecule is CCCCOP(=O)(OCCCC)C1(NS(=O)(=O)CC)C=C(Br)C(=O)c2ccccc21. The second-order valence-electron chi connectivity index (χ2n) is 7.01. The van der Waals surface area contributed by atoms with E-state index in [0.29, 0.717) is 12.8 Å². The maximum absolute atomic E-state index is 14.3. The number of Topliss-reactive ketones (excluding diaryl/α,β-unsaturated/α-hetero) is 1. The minimum absolute atomic E-state index is 0.0958. The molecule has 10 heteroatoms. The van der Waals surface area contributed by atoms with Crippen LogP contribution in [0.1, 0.15) is 62.4 Å². The van der Waals surface area contributed by atoms with Gasteiger partial charge in [-0.25, -0.2) is 8.42 Å². The molecule has 0 spiro atoms. The van der Waals surface area contributed by atoms with Gasteiger partial charge in [-0.15, -0.1) is 0 Å². The van der Waals surface area contributed by atoms with Crippen LogP contribution in [0.4, 0.5) is 0 Å². The fourth-order valence-electron chi connectivity index (χ4n) is 3.04. The molecule has 0 aliphatic heterocycles. The fourth-order valence-corrected chi connectivity index (χ4v) is 7.43. The molecule has 0 fully saturated rings. The Morgan fingerprint density at radius 1 is 1.07 bits per heavy atom. The topological polar surface area (TPSA) is 98.8 Å². The van der Waals surface area contributed by atoms with Crippen LogP contribution in [0.2, 0.25) is 0 Å². The van der Waals surface area contributed by atoms with E-state index < -0.39 is 22.9 Å². The summed E-state index contributed by atoms with van der Waals surface area (Å²) in [6.07, 6.45) is 4.18. The highest BCUT2D eigenvalue weighted by molar-refractivity contribution is 9.12. The lowest BCUT2D eigenvalue weighted by atomic mass is 9.92. The fraction of sp³-hybridized carbons (Fsp3) is 0.550. The second-order valence-corrected chi connectivity index (χ2v) is 12.1. The molecule has 0 bridgehead atoms. The highest BCUT2D eigenvalue weighted by Gasteiger charge is 2.56. The molecular weight excluding hydrogens is 493 g/mol. The summed E-state index contributed by atoms with van der Waals surface area (Å²) in [6, 6.07) is 6.49. The van der Waals surface area contributed by atoms with Gasteiger partial charge in [0.05, 0.1) is 23.4 Å². The number of carbonyl (C=O) groups excluding carboxylic acids is 1. The van der Waals surface area contributed by atoms with Crippen LogP contribution in [0.25, 0.3) is 0 Å². The van der Waals surface area contributed by atoms with Crippen LogP contribution in [0.5, 0.6) is 0 Å². The van der Waals surface area contributed by atoms with Crippen molar-refractivity contribution in [3.8, 4) is 0 Å². The predicted octanol–water partition coefficient (Wildman–Crippen LogP) is 5.08. The van der Waals surface area contributed by atoms with Crippen molar-refractivity contribution in [1.29, 1.82) is 0 Å². The quantitative estimate of drug-likeness (QED) is 0.304. The Labute approximate surface area is 187 Å². The summed E-state index contributed by atoms with van der Waals surface area (Å²) < 4.78 is 54.0. The van der Waals surface area contributed by atoms with Crippen molar-refractivity contribution in [3.05, 3.63) is 46.0 Å². The third kappa shape index (κ3) is 5.31. The van der Waals surface area contributed by atoms with Gasteiger partial charge in [-0.2, -0.15) is 4.72 Å². The number of halogens is 1. The summed E-state index contributed by atoms with van der Waals surface area (Å²) in [6.45, 7) is 5.68. The average molecular weight is 522 g/mol. The number of sulfonamides is 1. The molecule has 168 valence electrons. The highest BCUT2D eigenvalue weighted by atomic mass is 79.9. The molecule has 0 amide bonds. The summed E-state index contributed by atoms with van der Waals surface area (Å²) in [5.74, 6) is -0.564. The zero-order valence-corrected chi connectivity index (χ0v) is 20.8. The largest absolute Gasteiger partial charge is 0.360 e. The van der Waals surface area contributed by atoms with Gasteiger partial charge in [0, 0.05) is 11.1 Å². The smallest absolute Gasteiger partial charge is 0.307 e.